The molecule has 1 aromatic carbocycles. The van der Waals surface area contributed by atoms with Crippen LogP contribution in [-0.4, -0.2) is 21.7 Å². The molecule has 0 atom stereocenters. The topological polar surface area (TPSA) is 51.5 Å². The van der Waals surface area contributed by atoms with Crippen LogP contribution < -0.4 is 5.32 Å². The summed E-state index contributed by atoms with van der Waals surface area (Å²) in [5.74, 6) is 0.912. The van der Waals surface area contributed by atoms with Crippen molar-refractivity contribution in [3.63, 3.8) is 0 Å². The normalized spacial score (nSPS) is 11.1. The first-order valence-corrected chi connectivity index (χ1v) is 6.93. The maximum Gasteiger partial charge on any atom is 0.160 e. The van der Waals surface area contributed by atoms with Crippen LogP contribution in [0.5, 0.6) is 0 Å². The number of pyridine rings is 1. The molecule has 108 valence electrons. The van der Waals surface area contributed by atoms with E-state index in [-0.39, 0.29) is 0 Å². The van der Waals surface area contributed by atoms with Crippen molar-refractivity contribution in [1.29, 1.82) is 0 Å². The van der Waals surface area contributed by atoms with E-state index in [1.807, 2.05) is 40.9 Å². The predicted molar refractivity (Wildman–Crippen MR) is 80.7 cm³/mol. The Morgan fingerprint density at radius 1 is 1.00 bits per heavy atom. The molecule has 0 unspecified atom stereocenters. The van der Waals surface area contributed by atoms with Gasteiger partial charge in [-0.05, 0) is 23.3 Å². The molecule has 3 rings (SSSR count). The molecule has 0 saturated heterocycles. The predicted octanol–water partition coefficient (Wildman–Crippen LogP) is 2.17. The first-order valence-electron chi connectivity index (χ1n) is 6.93. The third-order valence-corrected chi connectivity index (χ3v) is 3.40. The van der Waals surface area contributed by atoms with Crippen molar-refractivity contribution < 1.29 is 4.74 Å². The van der Waals surface area contributed by atoms with E-state index < -0.39 is 0 Å². The minimum atomic E-state index is 0.631. The summed E-state index contributed by atoms with van der Waals surface area (Å²) >= 11 is 0. The van der Waals surface area contributed by atoms with Crippen molar-refractivity contribution in [1.82, 2.24) is 19.9 Å². The monoisotopic (exact) mass is 282 g/mol. The van der Waals surface area contributed by atoms with Gasteiger partial charge in [0.25, 0.3) is 0 Å². The summed E-state index contributed by atoms with van der Waals surface area (Å²) < 4.78 is 7.22. The summed E-state index contributed by atoms with van der Waals surface area (Å²) in [6.45, 7) is 2.08. The van der Waals surface area contributed by atoms with Gasteiger partial charge in [0.15, 0.2) is 11.5 Å². The number of fused-ring (bicyclic) bond motifs is 1. The quantitative estimate of drug-likeness (QED) is 0.753. The maximum atomic E-state index is 5.22. The average molecular weight is 282 g/mol. The lowest BCUT2D eigenvalue weighted by molar-refractivity contribution is 0.184. The summed E-state index contributed by atoms with van der Waals surface area (Å²) in [6, 6.07) is 14.2. The van der Waals surface area contributed by atoms with Crippen molar-refractivity contribution in [2.24, 2.45) is 0 Å². The van der Waals surface area contributed by atoms with Crippen LogP contribution in [0.15, 0.2) is 48.7 Å². The van der Waals surface area contributed by atoms with E-state index in [4.69, 9.17) is 4.74 Å². The Labute approximate surface area is 123 Å². The van der Waals surface area contributed by atoms with Crippen LogP contribution in [0.2, 0.25) is 0 Å². The average Bonchev–Trinajstić information content (AvgIpc) is 2.93. The summed E-state index contributed by atoms with van der Waals surface area (Å²) in [4.78, 5) is 0. The molecule has 3 aromatic rings. The van der Waals surface area contributed by atoms with Gasteiger partial charge in [-0.2, -0.15) is 0 Å². The van der Waals surface area contributed by atoms with Gasteiger partial charge in [0.05, 0.1) is 13.2 Å². The van der Waals surface area contributed by atoms with Gasteiger partial charge in [-0.15, -0.1) is 10.2 Å². The zero-order chi connectivity index (χ0) is 14.5. The van der Waals surface area contributed by atoms with Crippen LogP contribution in [0.25, 0.3) is 5.65 Å². The summed E-state index contributed by atoms with van der Waals surface area (Å²) in [7, 11) is 1.71. The number of hydrogen-bond donors (Lipinski definition) is 1. The van der Waals surface area contributed by atoms with Crippen LogP contribution in [0.3, 0.4) is 0 Å². The molecule has 0 amide bonds. The number of nitrogens with one attached hydrogen (secondary N) is 1. The van der Waals surface area contributed by atoms with Crippen molar-refractivity contribution in [3.8, 4) is 0 Å². The molecule has 0 spiro atoms. The molecule has 0 aliphatic heterocycles. The lowest BCUT2D eigenvalue weighted by Gasteiger charge is -2.09. The Kier molecular flexibility index (Phi) is 4.23. The zero-order valence-electron chi connectivity index (χ0n) is 12.0. The highest BCUT2D eigenvalue weighted by atomic mass is 16.5. The summed E-state index contributed by atoms with van der Waals surface area (Å²) in [5.41, 5.74) is 3.32. The summed E-state index contributed by atoms with van der Waals surface area (Å²) in [6.07, 6.45) is 1.98. The third kappa shape index (κ3) is 3.09. The molecule has 5 nitrogen and oxygen atoms in total. The Bertz CT molecular complexity index is 723. The molecule has 2 heterocycles. The fraction of sp³-hybridized carbons (Fsp3) is 0.250. The summed E-state index contributed by atoms with van der Waals surface area (Å²) in [5, 5.41) is 11.8. The van der Waals surface area contributed by atoms with Gasteiger partial charge in [-0.1, -0.05) is 30.3 Å². The van der Waals surface area contributed by atoms with E-state index in [0.29, 0.717) is 13.2 Å². The van der Waals surface area contributed by atoms with Crippen LogP contribution in [0, 0.1) is 0 Å². The molecular formula is C16H18N4O. The molecule has 21 heavy (non-hydrogen) atoms. The first-order chi connectivity index (χ1) is 10.4. The highest BCUT2D eigenvalue weighted by molar-refractivity contribution is 5.37. The molecule has 0 aliphatic carbocycles. The Balaban J connectivity index is 1.66. The van der Waals surface area contributed by atoms with Gasteiger partial charge >= 0.3 is 0 Å². The molecule has 0 radical (unpaired) electrons. The number of methoxy groups -OCH3 is 1. The first kappa shape index (κ1) is 13.7. The van der Waals surface area contributed by atoms with Crippen LogP contribution >= 0.6 is 0 Å². The van der Waals surface area contributed by atoms with Crippen LogP contribution in [0.4, 0.5) is 0 Å². The number of ether oxygens (including phenoxy) is 1. The second-order valence-corrected chi connectivity index (χ2v) is 4.85. The highest BCUT2D eigenvalue weighted by Gasteiger charge is 2.05. The number of benzene rings is 1. The zero-order valence-corrected chi connectivity index (χ0v) is 12.0. The van der Waals surface area contributed by atoms with Crippen LogP contribution in [-0.2, 0) is 24.4 Å². The third-order valence-electron chi connectivity index (χ3n) is 3.40. The molecule has 5 heteroatoms. The lowest BCUT2D eigenvalue weighted by atomic mass is 10.1. The van der Waals surface area contributed by atoms with E-state index in [1.54, 1.807) is 7.11 Å². The number of hydrogen-bond acceptors (Lipinski definition) is 4. The smallest absolute Gasteiger partial charge is 0.160 e. The largest absolute Gasteiger partial charge is 0.380 e. The Hall–Kier alpha value is -2.24. The van der Waals surface area contributed by atoms with Crippen LogP contribution in [0.1, 0.15) is 17.0 Å². The highest BCUT2D eigenvalue weighted by Crippen LogP contribution is 2.10. The van der Waals surface area contributed by atoms with E-state index in [1.165, 1.54) is 11.1 Å². The molecule has 2 aromatic heterocycles. The molecular weight excluding hydrogens is 264 g/mol. The van der Waals surface area contributed by atoms with Crippen molar-refractivity contribution in [2.75, 3.05) is 7.11 Å². The van der Waals surface area contributed by atoms with Gasteiger partial charge < -0.3 is 10.1 Å². The number of aromatic nitrogens is 3. The van der Waals surface area contributed by atoms with E-state index >= 15 is 0 Å². The second kappa shape index (κ2) is 6.47. The second-order valence-electron chi connectivity index (χ2n) is 4.85. The number of rotatable bonds is 6. The lowest BCUT2D eigenvalue weighted by Crippen LogP contribution is -2.16. The van der Waals surface area contributed by atoms with Gasteiger partial charge in [-0.25, -0.2) is 0 Å². The number of nitrogens with zero attached hydrogens (tertiary/aromatic N) is 3. The Morgan fingerprint density at radius 2 is 1.81 bits per heavy atom. The van der Waals surface area contributed by atoms with Gasteiger partial charge in [0.2, 0.25) is 0 Å². The van der Waals surface area contributed by atoms with Gasteiger partial charge in [-0.3, -0.25) is 4.40 Å². The molecule has 1 N–H and O–H groups in total. The fourth-order valence-corrected chi connectivity index (χ4v) is 2.35. The van der Waals surface area contributed by atoms with Gasteiger partial charge in [0, 0.05) is 19.9 Å². The van der Waals surface area contributed by atoms with Gasteiger partial charge in [0.1, 0.15) is 0 Å². The van der Waals surface area contributed by atoms with Crippen molar-refractivity contribution in [3.05, 3.63) is 65.6 Å². The molecule has 0 aliphatic rings. The minimum Gasteiger partial charge on any atom is -0.380 e. The Morgan fingerprint density at radius 3 is 2.67 bits per heavy atom. The standard InChI is InChI=1S/C16H18N4O/c1-21-12-14-7-3-2-6-13(14)10-17-11-16-19-18-15-8-4-5-9-20(15)16/h2-9,17H,10-12H2,1H3. The minimum absolute atomic E-state index is 0.631. The molecule has 0 fully saturated rings. The van der Waals surface area contributed by atoms with Crippen molar-refractivity contribution >= 4 is 5.65 Å². The van der Waals surface area contributed by atoms with E-state index in [2.05, 4.69) is 27.6 Å². The molecule has 0 saturated carbocycles. The van der Waals surface area contributed by atoms with E-state index in [0.717, 1.165) is 18.0 Å². The van der Waals surface area contributed by atoms with Crippen molar-refractivity contribution in [2.45, 2.75) is 19.7 Å². The molecule has 0 bridgehead atoms. The van der Waals surface area contributed by atoms with E-state index in [9.17, 15) is 0 Å². The SMILES string of the molecule is COCc1ccccc1CNCc1nnc2ccccn12. The fourth-order valence-electron chi connectivity index (χ4n) is 2.35. The maximum absolute atomic E-state index is 5.22.